The second-order valence-electron chi connectivity index (χ2n) is 6.78. The van der Waals surface area contributed by atoms with Gasteiger partial charge in [-0.05, 0) is 25.0 Å². The van der Waals surface area contributed by atoms with Gasteiger partial charge in [-0.3, -0.25) is 0 Å². The number of nitrogens with zero attached hydrogens (tertiary/aromatic N) is 2. The molecule has 1 aromatic carbocycles. The lowest BCUT2D eigenvalue weighted by molar-refractivity contribution is 0.0315. The number of alkyl halides is 2. The average molecular weight is 385 g/mol. The summed E-state index contributed by atoms with van der Waals surface area (Å²) in [5.41, 5.74) is -0.0903. The third-order valence-corrected chi connectivity index (χ3v) is 5.71. The Morgan fingerprint density at radius 3 is 2.58 bits per heavy atom. The number of anilines is 1. The van der Waals surface area contributed by atoms with Crippen LogP contribution in [0.2, 0.25) is 0 Å². The number of hydrogen-bond acceptors (Lipinski definition) is 6. The third-order valence-electron chi connectivity index (χ3n) is 4.57. The fourth-order valence-corrected chi connectivity index (χ4v) is 4.83. The molecule has 3 rings (SSSR count). The second kappa shape index (κ2) is 7.40. The molecule has 1 saturated heterocycles. The third kappa shape index (κ3) is 4.45. The monoisotopic (exact) mass is 385 g/mol. The molecule has 6 nitrogen and oxygen atoms in total. The molecule has 1 aliphatic heterocycles. The molecule has 0 radical (unpaired) electrons. The van der Waals surface area contributed by atoms with Crippen LogP contribution in [0.5, 0.6) is 0 Å². The Balaban J connectivity index is 1.91. The minimum Gasteiger partial charge on any atom is -0.381 e. The van der Waals surface area contributed by atoms with Crippen molar-refractivity contribution in [1.29, 1.82) is 0 Å². The van der Waals surface area contributed by atoms with Gasteiger partial charge in [0.25, 0.3) is 6.43 Å². The number of para-hydroxylation sites is 1. The first-order valence-electron chi connectivity index (χ1n) is 8.32. The van der Waals surface area contributed by atoms with E-state index < -0.39 is 27.5 Å². The summed E-state index contributed by atoms with van der Waals surface area (Å²) in [5, 5.41) is 3.74. The molecule has 1 aliphatic rings. The maximum absolute atomic E-state index is 13.1. The van der Waals surface area contributed by atoms with Gasteiger partial charge in [-0.2, -0.15) is 0 Å². The van der Waals surface area contributed by atoms with Crippen molar-refractivity contribution in [2.24, 2.45) is 5.41 Å². The number of sulfone groups is 1. The van der Waals surface area contributed by atoms with Crippen LogP contribution in [-0.4, -0.2) is 50.2 Å². The van der Waals surface area contributed by atoms with Crippen LogP contribution in [-0.2, 0) is 14.6 Å². The number of nitrogens with one attached hydrogen (secondary N) is 1. The number of rotatable bonds is 6. The molecule has 0 saturated carbocycles. The van der Waals surface area contributed by atoms with Crippen molar-refractivity contribution in [3.8, 4) is 0 Å². The van der Waals surface area contributed by atoms with Crippen LogP contribution < -0.4 is 5.32 Å². The van der Waals surface area contributed by atoms with Crippen LogP contribution >= 0.6 is 0 Å². The summed E-state index contributed by atoms with van der Waals surface area (Å²) in [5.74, 6) is -0.234. The fourth-order valence-electron chi connectivity index (χ4n) is 3.33. The predicted octanol–water partition coefficient (Wildman–Crippen LogP) is 2.82. The zero-order valence-corrected chi connectivity index (χ0v) is 15.2. The van der Waals surface area contributed by atoms with Gasteiger partial charge in [0.2, 0.25) is 0 Å². The van der Waals surface area contributed by atoms with Gasteiger partial charge in [-0.1, -0.05) is 12.1 Å². The van der Waals surface area contributed by atoms with Gasteiger partial charge >= 0.3 is 0 Å². The first-order valence-corrected chi connectivity index (χ1v) is 10.4. The van der Waals surface area contributed by atoms with Crippen molar-refractivity contribution in [3.05, 3.63) is 30.1 Å². The minimum atomic E-state index is -3.20. The van der Waals surface area contributed by atoms with Gasteiger partial charge in [0.05, 0.1) is 11.3 Å². The van der Waals surface area contributed by atoms with E-state index >= 15 is 0 Å². The topological polar surface area (TPSA) is 81.2 Å². The highest BCUT2D eigenvalue weighted by Crippen LogP contribution is 2.33. The summed E-state index contributed by atoms with van der Waals surface area (Å²) in [6.45, 7) is 1.27. The summed E-state index contributed by atoms with van der Waals surface area (Å²) in [6.07, 6.45) is -0.414. The van der Waals surface area contributed by atoms with E-state index in [-0.39, 0.29) is 5.75 Å². The molecule has 1 N–H and O–H groups in total. The standard InChI is InChI=1S/C17H21F2N3O3S/c1-26(23,24)11-17(6-8-25-9-7-17)10-20-15-12-4-2-3-5-13(12)21-16(22-15)14(18)19/h2-5,14H,6-11H2,1H3,(H,20,21,22). The van der Waals surface area contributed by atoms with E-state index in [2.05, 4.69) is 15.3 Å². The van der Waals surface area contributed by atoms with E-state index in [1.165, 1.54) is 6.26 Å². The Hall–Kier alpha value is -1.87. The number of ether oxygens (including phenoxy) is 1. The quantitative estimate of drug-likeness (QED) is 0.824. The molecule has 9 heteroatoms. The summed E-state index contributed by atoms with van der Waals surface area (Å²) in [6, 6.07) is 6.90. The Bertz CT molecular complexity index is 884. The molecule has 26 heavy (non-hydrogen) atoms. The van der Waals surface area contributed by atoms with E-state index in [0.29, 0.717) is 49.3 Å². The number of benzene rings is 1. The van der Waals surface area contributed by atoms with Crippen molar-refractivity contribution >= 4 is 26.6 Å². The van der Waals surface area contributed by atoms with Gasteiger partial charge in [-0.25, -0.2) is 27.2 Å². The smallest absolute Gasteiger partial charge is 0.297 e. The Morgan fingerprint density at radius 1 is 1.23 bits per heavy atom. The number of fused-ring (bicyclic) bond motifs is 1. The highest BCUT2D eigenvalue weighted by molar-refractivity contribution is 7.90. The maximum atomic E-state index is 13.1. The predicted molar refractivity (Wildman–Crippen MR) is 95.2 cm³/mol. The number of hydrogen-bond donors (Lipinski definition) is 1. The molecule has 0 spiro atoms. The highest BCUT2D eigenvalue weighted by atomic mass is 32.2. The van der Waals surface area contributed by atoms with Gasteiger partial charge in [0.15, 0.2) is 5.82 Å². The Kier molecular flexibility index (Phi) is 5.38. The molecule has 0 bridgehead atoms. The van der Waals surface area contributed by atoms with Crippen LogP contribution in [0.4, 0.5) is 14.6 Å². The number of aromatic nitrogens is 2. The second-order valence-corrected chi connectivity index (χ2v) is 8.92. The van der Waals surface area contributed by atoms with E-state index in [9.17, 15) is 17.2 Å². The summed E-state index contributed by atoms with van der Waals surface area (Å²) >= 11 is 0. The number of halogens is 2. The largest absolute Gasteiger partial charge is 0.381 e. The van der Waals surface area contributed by atoms with Crippen LogP contribution in [0, 0.1) is 5.41 Å². The minimum absolute atomic E-state index is 0.0150. The van der Waals surface area contributed by atoms with Crippen LogP contribution in [0.3, 0.4) is 0 Å². The summed E-state index contributed by atoms with van der Waals surface area (Å²) in [4.78, 5) is 7.85. The molecule has 0 aliphatic carbocycles. The molecule has 0 atom stereocenters. The molecule has 0 amide bonds. The molecular formula is C17H21F2N3O3S. The summed E-state index contributed by atoms with van der Waals surface area (Å²) < 4.78 is 55.4. The highest BCUT2D eigenvalue weighted by Gasteiger charge is 2.36. The van der Waals surface area contributed by atoms with Crippen molar-refractivity contribution in [1.82, 2.24) is 9.97 Å². The lowest BCUT2D eigenvalue weighted by Crippen LogP contribution is -2.41. The normalized spacial score (nSPS) is 17.5. The zero-order valence-electron chi connectivity index (χ0n) is 14.4. The van der Waals surface area contributed by atoms with Crippen molar-refractivity contribution < 1.29 is 21.9 Å². The van der Waals surface area contributed by atoms with Gasteiger partial charge in [0.1, 0.15) is 15.7 Å². The Labute approximate surface area is 150 Å². The summed E-state index contributed by atoms with van der Waals surface area (Å²) in [7, 11) is -3.20. The first-order chi connectivity index (χ1) is 12.3. The van der Waals surface area contributed by atoms with Crippen molar-refractivity contribution in [2.45, 2.75) is 19.3 Å². The Morgan fingerprint density at radius 2 is 1.92 bits per heavy atom. The van der Waals surface area contributed by atoms with Crippen LogP contribution in [0.15, 0.2) is 24.3 Å². The zero-order chi connectivity index (χ0) is 18.8. The van der Waals surface area contributed by atoms with Crippen molar-refractivity contribution in [2.75, 3.05) is 37.1 Å². The van der Waals surface area contributed by atoms with E-state index in [1.54, 1.807) is 24.3 Å². The lowest BCUT2D eigenvalue weighted by atomic mass is 9.82. The lowest BCUT2D eigenvalue weighted by Gasteiger charge is -2.36. The van der Waals surface area contributed by atoms with E-state index in [1.807, 2.05) is 0 Å². The molecule has 2 heterocycles. The SMILES string of the molecule is CS(=O)(=O)CC1(CNc2nc(C(F)F)nc3ccccc23)CCOCC1. The fraction of sp³-hybridized carbons (Fsp3) is 0.529. The van der Waals surface area contributed by atoms with Crippen molar-refractivity contribution in [3.63, 3.8) is 0 Å². The van der Waals surface area contributed by atoms with Crippen LogP contribution in [0.25, 0.3) is 10.9 Å². The molecule has 142 valence electrons. The van der Waals surface area contributed by atoms with E-state index in [4.69, 9.17) is 4.74 Å². The van der Waals surface area contributed by atoms with E-state index in [0.717, 1.165) is 0 Å². The maximum Gasteiger partial charge on any atom is 0.297 e. The molecule has 0 unspecified atom stereocenters. The van der Waals surface area contributed by atoms with Gasteiger partial charge in [-0.15, -0.1) is 0 Å². The van der Waals surface area contributed by atoms with Crippen LogP contribution in [0.1, 0.15) is 25.1 Å². The molecule has 1 aromatic heterocycles. The molecule has 2 aromatic rings. The molecular weight excluding hydrogens is 364 g/mol. The molecule has 1 fully saturated rings. The van der Waals surface area contributed by atoms with Gasteiger partial charge in [0, 0.05) is 36.8 Å². The first kappa shape index (κ1) is 18.9. The van der Waals surface area contributed by atoms with Gasteiger partial charge < -0.3 is 10.1 Å². The average Bonchev–Trinajstić information content (AvgIpc) is 2.58.